The summed E-state index contributed by atoms with van der Waals surface area (Å²) >= 11 is 0. The van der Waals surface area contributed by atoms with Crippen molar-refractivity contribution in [3.8, 4) is 0 Å². The van der Waals surface area contributed by atoms with Crippen molar-refractivity contribution in [3.63, 3.8) is 0 Å². The lowest BCUT2D eigenvalue weighted by molar-refractivity contribution is -0.148. The van der Waals surface area contributed by atoms with Gasteiger partial charge in [-0.3, -0.25) is 4.79 Å². The molecule has 0 unspecified atom stereocenters. The first kappa shape index (κ1) is 23.6. The Morgan fingerprint density at radius 1 is 1.30 bits per heavy atom. The van der Waals surface area contributed by atoms with Crippen LogP contribution in [0.3, 0.4) is 0 Å². The van der Waals surface area contributed by atoms with Crippen LogP contribution in [0.5, 0.6) is 0 Å². The highest BCUT2D eigenvalue weighted by Gasteiger charge is 2.56. The van der Waals surface area contributed by atoms with E-state index in [9.17, 15) is 35.9 Å². The zero-order valence-electron chi connectivity index (χ0n) is 17.5. The summed E-state index contributed by atoms with van der Waals surface area (Å²) in [7, 11) is -3.96. The zero-order chi connectivity index (χ0) is 24.2. The number of nitrogens with one attached hydrogen (secondary N) is 1. The molecule has 1 aromatic heterocycles. The number of benzene rings is 1. The first-order valence-corrected chi connectivity index (χ1v) is 11.6. The summed E-state index contributed by atoms with van der Waals surface area (Å²) in [5.74, 6) is -2.86. The number of alkyl halides is 3. The Balaban J connectivity index is 1.39. The number of nitrogens with zero attached hydrogens (tertiary/aromatic N) is 3. The van der Waals surface area contributed by atoms with Gasteiger partial charge in [0, 0.05) is 24.5 Å². The Morgan fingerprint density at radius 3 is 2.52 bits per heavy atom. The maximum atomic E-state index is 13.9. The fourth-order valence-electron chi connectivity index (χ4n) is 4.54. The predicted molar refractivity (Wildman–Crippen MR) is 107 cm³/mol. The molecule has 13 heteroatoms. The van der Waals surface area contributed by atoms with Crippen LogP contribution < -0.4 is 5.32 Å². The molecule has 1 aliphatic carbocycles. The monoisotopic (exact) mass is 490 g/mol. The lowest BCUT2D eigenvalue weighted by Gasteiger charge is -2.58. The molecule has 8 nitrogen and oxygen atoms in total. The Kier molecular flexibility index (Phi) is 5.78. The van der Waals surface area contributed by atoms with Crippen molar-refractivity contribution in [1.29, 1.82) is 0 Å². The van der Waals surface area contributed by atoms with Crippen LogP contribution in [0.4, 0.5) is 17.6 Å². The third-order valence-electron chi connectivity index (χ3n) is 6.16. The summed E-state index contributed by atoms with van der Waals surface area (Å²) in [5, 5.41) is 12.0. The summed E-state index contributed by atoms with van der Waals surface area (Å²) in [5.41, 5.74) is -0.673. The molecule has 2 N–H and O–H groups in total. The van der Waals surface area contributed by atoms with Crippen molar-refractivity contribution in [1.82, 2.24) is 19.2 Å². The number of aliphatic hydroxyl groups is 1. The van der Waals surface area contributed by atoms with Crippen LogP contribution in [0.2, 0.25) is 0 Å². The standard InChI is InChI=1S/C20H22F4N4O4S/c1-12(9-29)28-15(8-25-18(28)20(22,23)24)17(30)26-13-6-19(7-13)10-27(11-19)33(31,32)16-5-3-2-4-14(16)21/h2-5,8,12-13,29H,6-7,9-11H2,1H3,(H,26,30)/t12-/m1/s1. The van der Waals surface area contributed by atoms with Gasteiger partial charge in [0.1, 0.15) is 16.4 Å². The van der Waals surface area contributed by atoms with Crippen LogP contribution in [-0.2, 0) is 16.2 Å². The van der Waals surface area contributed by atoms with E-state index in [1.165, 1.54) is 29.4 Å². The Hall–Kier alpha value is -2.51. The second kappa shape index (κ2) is 8.06. The third kappa shape index (κ3) is 4.13. The van der Waals surface area contributed by atoms with Gasteiger partial charge in [-0.2, -0.15) is 17.5 Å². The summed E-state index contributed by atoms with van der Waals surface area (Å²) < 4.78 is 80.6. The third-order valence-corrected chi connectivity index (χ3v) is 7.99. The molecule has 1 aromatic carbocycles. The minimum absolute atomic E-state index is 0.174. The highest BCUT2D eigenvalue weighted by Crippen LogP contribution is 2.50. The molecule has 4 rings (SSSR count). The fraction of sp³-hybridized carbons (Fsp3) is 0.500. The van der Waals surface area contributed by atoms with Gasteiger partial charge in [-0.15, -0.1) is 0 Å². The van der Waals surface area contributed by atoms with Gasteiger partial charge >= 0.3 is 6.18 Å². The molecule has 180 valence electrons. The summed E-state index contributed by atoms with van der Waals surface area (Å²) in [6.45, 7) is 1.07. The minimum Gasteiger partial charge on any atom is -0.394 e. The maximum absolute atomic E-state index is 13.9. The second-order valence-corrected chi connectivity index (χ2v) is 10.6. The molecule has 1 spiro atoms. The molecule has 1 amide bonds. The fourth-order valence-corrected chi connectivity index (χ4v) is 6.27. The van der Waals surface area contributed by atoms with E-state index in [0.29, 0.717) is 17.4 Å². The average molecular weight is 490 g/mol. The van der Waals surface area contributed by atoms with E-state index in [2.05, 4.69) is 10.3 Å². The Morgan fingerprint density at radius 2 is 1.94 bits per heavy atom. The van der Waals surface area contributed by atoms with Crippen LogP contribution in [0, 0.1) is 11.2 Å². The minimum atomic E-state index is -4.79. The highest BCUT2D eigenvalue weighted by atomic mass is 32.2. The summed E-state index contributed by atoms with van der Waals surface area (Å²) in [6.07, 6.45) is -3.08. The van der Waals surface area contributed by atoms with Gasteiger partial charge in [-0.25, -0.2) is 17.8 Å². The molecule has 0 radical (unpaired) electrons. The lowest BCUT2D eigenvalue weighted by Crippen LogP contribution is -2.67. The molecule has 0 bridgehead atoms. The lowest BCUT2D eigenvalue weighted by atomic mass is 9.61. The number of hydrogen-bond donors (Lipinski definition) is 2. The topological polar surface area (TPSA) is 105 Å². The predicted octanol–water partition coefficient (Wildman–Crippen LogP) is 2.18. The van der Waals surface area contributed by atoms with Crippen LogP contribution >= 0.6 is 0 Å². The van der Waals surface area contributed by atoms with Crippen molar-refractivity contribution in [2.24, 2.45) is 5.41 Å². The van der Waals surface area contributed by atoms with Crippen LogP contribution in [0.25, 0.3) is 0 Å². The van der Waals surface area contributed by atoms with E-state index in [0.717, 1.165) is 12.3 Å². The van der Waals surface area contributed by atoms with Gasteiger partial charge in [0.05, 0.1) is 18.8 Å². The van der Waals surface area contributed by atoms with Gasteiger partial charge in [0.15, 0.2) is 0 Å². The molecule has 1 saturated carbocycles. The molecule has 2 aromatic rings. The average Bonchev–Trinajstić information content (AvgIpc) is 3.13. The van der Waals surface area contributed by atoms with E-state index < -0.39 is 51.3 Å². The van der Waals surface area contributed by atoms with Crippen LogP contribution in [-0.4, -0.2) is 59.0 Å². The number of sulfonamides is 1. The van der Waals surface area contributed by atoms with Gasteiger partial charge in [-0.05, 0) is 31.9 Å². The Bertz CT molecular complexity index is 1170. The summed E-state index contributed by atoms with van der Waals surface area (Å²) in [4.78, 5) is 15.6. The first-order chi connectivity index (χ1) is 15.4. The highest BCUT2D eigenvalue weighted by molar-refractivity contribution is 7.89. The number of imidazole rings is 1. The smallest absolute Gasteiger partial charge is 0.394 e. The number of aromatic nitrogens is 2. The van der Waals surface area contributed by atoms with Gasteiger partial charge in [0.2, 0.25) is 15.8 Å². The normalized spacial score (nSPS) is 19.7. The van der Waals surface area contributed by atoms with Crippen molar-refractivity contribution in [2.45, 2.75) is 42.9 Å². The number of aliphatic hydroxyl groups excluding tert-OH is 1. The maximum Gasteiger partial charge on any atom is 0.449 e. The zero-order valence-corrected chi connectivity index (χ0v) is 18.3. The molecular weight excluding hydrogens is 468 g/mol. The van der Waals surface area contributed by atoms with Gasteiger partial charge < -0.3 is 15.0 Å². The molecule has 2 fully saturated rings. The Labute approximate surface area is 187 Å². The van der Waals surface area contributed by atoms with E-state index in [4.69, 9.17) is 0 Å². The van der Waals surface area contributed by atoms with Crippen molar-refractivity contribution < 1.29 is 35.9 Å². The van der Waals surface area contributed by atoms with E-state index in [1.807, 2.05) is 0 Å². The quantitative estimate of drug-likeness (QED) is 0.604. The molecule has 2 aliphatic rings. The number of rotatable bonds is 6. The number of halogens is 4. The van der Waals surface area contributed by atoms with E-state index in [1.54, 1.807) is 0 Å². The molecule has 2 heterocycles. The largest absolute Gasteiger partial charge is 0.449 e. The molecule has 1 atom stereocenters. The van der Waals surface area contributed by atoms with Crippen molar-refractivity contribution >= 4 is 15.9 Å². The molecule has 1 aliphatic heterocycles. The van der Waals surface area contributed by atoms with Crippen LogP contribution in [0.15, 0.2) is 35.4 Å². The SMILES string of the molecule is C[C@H](CO)n1c(C(=O)NC2CC3(C2)CN(S(=O)(=O)c2ccccc2F)C3)cnc1C(F)(F)F. The van der Waals surface area contributed by atoms with Gasteiger partial charge in [0.25, 0.3) is 5.91 Å². The van der Waals surface area contributed by atoms with Crippen molar-refractivity contribution in [2.75, 3.05) is 19.7 Å². The van der Waals surface area contributed by atoms with Crippen molar-refractivity contribution in [3.05, 3.63) is 47.8 Å². The number of amides is 1. The van der Waals surface area contributed by atoms with E-state index >= 15 is 0 Å². The molecular formula is C20H22F4N4O4S. The first-order valence-electron chi connectivity index (χ1n) is 10.2. The van der Waals surface area contributed by atoms with Gasteiger partial charge in [-0.1, -0.05) is 12.1 Å². The molecule has 33 heavy (non-hydrogen) atoms. The number of carbonyl (C=O) groups excluding carboxylic acids is 1. The number of hydrogen-bond acceptors (Lipinski definition) is 5. The molecule has 1 saturated heterocycles. The van der Waals surface area contributed by atoms with Crippen LogP contribution in [0.1, 0.15) is 42.1 Å². The number of carbonyl (C=O) groups is 1. The van der Waals surface area contributed by atoms with E-state index in [-0.39, 0.29) is 30.2 Å². The summed E-state index contributed by atoms with van der Waals surface area (Å²) in [6, 6.07) is 3.75. The second-order valence-electron chi connectivity index (χ2n) is 8.65.